The van der Waals surface area contributed by atoms with Gasteiger partial charge < -0.3 is 9.72 Å². The Morgan fingerprint density at radius 1 is 1.50 bits per heavy atom. The van der Waals surface area contributed by atoms with Gasteiger partial charge in [-0.1, -0.05) is 0 Å². The zero-order valence-electron chi connectivity index (χ0n) is 10.1. The Balaban J connectivity index is 2.07. The first-order chi connectivity index (χ1) is 8.69. The number of fused-ring (bicyclic) bond motifs is 1. The maximum atomic E-state index is 11.8. The summed E-state index contributed by atoms with van der Waals surface area (Å²) in [6.07, 6.45) is 2.39. The molecule has 0 amide bonds. The maximum absolute atomic E-state index is 11.8. The van der Waals surface area contributed by atoms with Gasteiger partial charge in [0, 0.05) is 6.54 Å². The van der Waals surface area contributed by atoms with E-state index in [2.05, 4.69) is 9.72 Å². The van der Waals surface area contributed by atoms with Gasteiger partial charge in [-0.05, 0) is 37.0 Å². The van der Waals surface area contributed by atoms with Crippen LogP contribution < -0.4 is 5.69 Å². The molecule has 0 saturated heterocycles. The first-order valence-electron chi connectivity index (χ1n) is 6.00. The van der Waals surface area contributed by atoms with E-state index in [1.807, 2.05) is 0 Å². The number of nitrogens with zero attached hydrogens (tertiary/aromatic N) is 1. The van der Waals surface area contributed by atoms with Crippen molar-refractivity contribution >= 4 is 17.0 Å². The minimum Gasteiger partial charge on any atom is -0.465 e. The highest BCUT2D eigenvalue weighted by Crippen LogP contribution is 2.31. The van der Waals surface area contributed by atoms with Crippen LogP contribution in [0.3, 0.4) is 0 Å². The SMILES string of the molecule is COC(=O)c1ccc2c(c1)[nH]c(=O)n2CC1CC1. The molecule has 94 valence electrons. The molecule has 5 heteroatoms. The summed E-state index contributed by atoms with van der Waals surface area (Å²) in [5.74, 6) is 0.231. The summed E-state index contributed by atoms with van der Waals surface area (Å²) in [7, 11) is 1.34. The topological polar surface area (TPSA) is 64.1 Å². The molecule has 0 bridgehead atoms. The molecule has 5 nitrogen and oxygen atoms in total. The lowest BCUT2D eigenvalue weighted by molar-refractivity contribution is 0.0601. The minimum atomic E-state index is -0.396. The third kappa shape index (κ3) is 1.81. The fraction of sp³-hybridized carbons (Fsp3) is 0.385. The molecule has 1 aromatic heterocycles. The predicted molar refractivity (Wildman–Crippen MR) is 66.6 cm³/mol. The second-order valence-electron chi connectivity index (χ2n) is 4.71. The summed E-state index contributed by atoms with van der Waals surface area (Å²) in [5.41, 5.74) is 1.87. The van der Waals surface area contributed by atoms with Crippen molar-refractivity contribution in [2.45, 2.75) is 19.4 Å². The lowest BCUT2D eigenvalue weighted by atomic mass is 10.2. The van der Waals surface area contributed by atoms with Gasteiger partial charge in [-0.3, -0.25) is 4.57 Å². The number of ether oxygens (including phenoxy) is 1. The van der Waals surface area contributed by atoms with E-state index in [1.165, 1.54) is 20.0 Å². The number of aromatic nitrogens is 2. The van der Waals surface area contributed by atoms with E-state index < -0.39 is 5.97 Å². The summed E-state index contributed by atoms with van der Waals surface area (Å²) in [5, 5.41) is 0. The number of hydrogen-bond donors (Lipinski definition) is 1. The van der Waals surface area contributed by atoms with Crippen molar-refractivity contribution in [2.24, 2.45) is 5.92 Å². The average Bonchev–Trinajstić information content (AvgIpc) is 3.13. The molecule has 3 rings (SSSR count). The predicted octanol–water partition coefficient (Wildman–Crippen LogP) is 1.53. The van der Waals surface area contributed by atoms with Crippen LogP contribution in [0.1, 0.15) is 23.2 Å². The number of imidazole rings is 1. The molecule has 1 N–H and O–H groups in total. The van der Waals surface area contributed by atoms with Crippen LogP contribution in [0.15, 0.2) is 23.0 Å². The number of esters is 1. The van der Waals surface area contributed by atoms with Gasteiger partial charge in [-0.25, -0.2) is 9.59 Å². The molecular formula is C13H14N2O3. The van der Waals surface area contributed by atoms with Crippen molar-refractivity contribution < 1.29 is 9.53 Å². The molecule has 1 fully saturated rings. The number of methoxy groups -OCH3 is 1. The maximum Gasteiger partial charge on any atom is 0.337 e. The fourth-order valence-corrected chi connectivity index (χ4v) is 2.15. The second-order valence-corrected chi connectivity index (χ2v) is 4.71. The first-order valence-corrected chi connectivity index (χ1v) is 6.00. The van der Waals surface area contributed by atoms with Gasteiger partial charge in [0.25, 0.3) is 0 Å². The first kappa shape index (κ1) is 11.1. The molecular weight excluding hydrogens is 232 g/mol. The summed E-state index contributed by atoms with van der Waals surface area (Å²) in [4.78, 5) is 26.0. The van der Waals surface area contributed by atoms with Gasteiger partial charge >= 0.3 is 11.7 Å². The average molecular weight is 246 g/mol. The van der Waals surface area contributed by atoms with Gasteiger partial charge in [0.05, 0.1) is 23.7 Å². The Labute approximate surface area is 103 Å². The number of benzene rings is 1. The quantitative estimate of drug-likeness (QED) is 0.835. The molecule has 0 aliphatic heterocycles. The molecule has 18 heavy (non-hydrogen) atoms. The molecule has 0 atom stereocenters. The summed E-state index contributed by atoms with van der Waals surface area (Å²) < 4.78 is 6.40. The largest absolute Gasteiger partial charge is 0.465 e. The molecule has 1 aromatic carbocycles. The minimum absolute atomic E-state index is 0.112. The normalized spacial score (nSPS) is 14.9. The molecule has 0 spiro atoms. The summed E-state index contributed by atoms with van der Waals surface area (Å²) in [6.45, 7) is 0.760. The standard InChI is InChI=1S/C13H14N2O3/c1-18-12(16)9-4-5-11-10(6-9)14-13(17)15(11)7-8-2-3-8/h4-6,8H,2-3,7H2,1H3,(H,14,17). The van der Waals surface area contributed by atoms with Gasteiger partial charge in [0.15, 0.2) is 0 Å². The van der Waals surface area contributed by atoms with E-state index >= 15 is 0 Å². The van der Waals surface area contributed by atoms with Crippen LogP contribution in [0.2, 0.25) is 0 Å². The smallest absolute Gasteiger partial charge is 0.337 e. The number of hydrogen-bond acceptors (Lipinski definition) is 3. The van der Waals surface area contributed by atoms with Crippen LogP contribution in [0.25, 0.3) is 11.0 Å². The summed E-state index contributed by atoms with van der Waals surface area (Å²) >= 11 is 0. The van der Waals surface area contributed by atoms with Crippen molar-refractivity contribution in [2.75, 3.05) is 7.11 Å². The van der Waals surface area contributed by atoms with E-state index in [-0.39, 0.29) is 5.69 Å². The van der Waals surface area contributed by atoms with Crippen molar-refractivity contribution in [1.82, 2.24) is 9.55 Å². The van der Waals surface area contributed by atoms with Crippen LogP contribution >= 0.6 is 0 Å². The van der Waals surface area contributed by atoms with Crippen molar-refractivity contribution in [1.29, 1.82) is 0 Å². The highest BCUT2D eigenvalue weighted by molar-refractivity contribution is 5.93. The molecule has 0 radical (unpaired) electrons. The molecule has 0 unspecified atom stereocenters. The van der Waals surface area contributed by atoms with Crippen LogP contribution in [0.4, 0.5) is 0 Å². The van der Waals surface area contributed by atoms with Gasteiger partial charge in [0.1, 0.15) is 0 Å². The lowest BCUT2D eigenvalue weighted by Crippen LogP contribution is -2.17. The zero-order valence-corrected chi connectivity index (χ0v) is 10.1. The molecule has 1 aliphatic carbocycles. The number of nitrogens with one attached hydrogen (secondary N) is 1. The van der Waals surface area contributed by atoms with E-state index in [0.29, 0.717) is 17.0 Å². The summed E-state index contributed by atoms with van der Waals surface area (Å²) in [6, 6.07) is 5.14. The third-order valence-corrected chi connectivity index (χ3v) is 3.33. The lowest BCUT2D eigenvalue weighted by Gasteiger charge is -2.02. The second kappa shape index (κ2) is 4.01. The van der Waals surface area contributed by atoms with E-state index in [0.717, 1.165) is 12.1 Å². The van der Waals surface area contributed by atoms with Crippen molar-refractivity contribution in [3.05, 3.63) is 34.2 Å². The Morgan fingerprint density at radius 3 is 2.94 bits per heavy atom. The zero-order chi connectivity index (χ0) is 12.7. The Kier molecular flexibility index (Phi) is 2.47. The number of rotatable bonds is 3. The highest BCUT2D eigenvalue weighted by atomic mass is 16.5. The van der Waals surface area contributed by atoms with Gasteiger partial charge in [0.2, 0.25) is 0 Å². The van der Waals surface area contributed by atoms with Crippen molar-refractivity contribution in [3.8, 4) is 0 Å². The van der Waals surface area contributed by atoms with Gasteiger partial charge in [-0.15, -0.1) is 0 Å². The van der Waals surface area contributed by atoms with Crippen LogP contribution in [-0.2, 0) is 11.3 Å². The number of carbonyl (C=O) groups is 1. The third-order valence-electron chi connectivity index (χ3n) is 3.33. The Hall–Kier alpha value is -2.04. The van der Waals surface area contributed by atoms with Gasteiger partial charge in [-0.2, -0.15) is 0 Å². The molecule has 2 aromatic rings. The Morgan fingerprint density at radius 2 is 2.28 bits per heavy atom. The van der Waals surface area contributed by atoms with Crippen LogP contribution in [0.5, 0.6) is 0 Å². The number of H-pyrrole nitrogens is 1. The van der Waals surface area contributed by atoms with E-state index in [1.54, 1.807) is 22.8 Å². The van der Waals surface area contributed by atoms with Crippen molar-refractivity contribution in [3.63, 3.8) is 0 Å². The van der Waals surface area contributed by atoms with E-state index in [4.69, 9.17) is 0 Å². The Bertz CT molecular complexity index is 664. The van der Waals surface area contributed by atoms with Crippen LogP contribution in [0, 0.1) is 5.92 Å². The number of aromatic amines is 1. The molecule has 1 saturated carbocycles. The molecule has 1 heterocycles. The number of carbonyl (C=O) groups excluding carboxylic acids is 1. The monoisotopic (exact) mass is 246 g/mol. The van der Waals surface area contributed by atoms with E-state index in [9.17, 15) is 9.59 Å². The fourth-order valence-electron chi connectivity index (χ4n) is 2.15. The highest BCUT2D eigenvalue weighted by Gasteiger charge is 2.23. The van der Waals surface area contributed by atoms with Crippen LogP contribution in [-0.4, -0.2) is 22.6 Å². The molecule has 1 aliphatic rings.